The topological polar surface area (TPSA) is 56.4 Å². The van der Waals surface area contributed by atoms with Gasteiger partial charge in [0.2, 0.25) is 0 Å². The van der Waals surface area contributed by atoms with Crippen LogP contribution in [0, 0.1) is 22.7 Å². The Balaban J connectivity index is 1.40. The van der Waals surface area contributed by atoms with Gasteiger partial charge in [-0.15, -0.1) is 32.3 Å². The minimum absolute atomic E-state index is 0.0421. The quantitative estimate of drug-likeness (QED) is 0.143. The predicted molar refractivity (Wildman–Crippen MR) is 261 cm³/mol. The van der Waals surface area contributed by atoms with Gasteiger partial charge in [-0.25, -0.2) is 10.4 Å². The summed E-state index contributed by atoms with van der Waals surface area (Å²) in [6.45, 7) is 34.3. The molecular weight excluding hydrogens is 769 g/mol. The highest BCUT2D eigenvalue weighted by Gasteiger charge is 2.36. The zero-order valence-corrected chi connectivity index (χ0v) is 40.8. The first kappa shape index (κ1) is 36.6. The minimum Gasteiger partial charge on any atom is -0.308 e. The summed E-state index contributed by atoms with van der Waals surface area (Å²) >= 11 is 0. The van der Waals surface area contributed by atoms with E-state index < -0.39 is 32.3 Å². The number of nitriles is 2. The summed E-state index contributed by atoms with van der Waals surface area (Å²) in [6.07, 6.45) is 0. The number of benzene rings is 5. The van der Waals surface area contributed by atoms with Gasteiger partial charge >= 0.3 is 0 Å². The van der Waals surface area contributed by atoms with E-state index in [4.69, 9.17) is 0 Å². The van der Waals surface area contributed by atoms with Crippen molar-refractivity contribution >= 4 is 129 Å². The van der Waals surface area contributed by atoms with Crippen LogP contribution in [0.1, 0.15) is 63.8 Å². The average molecular weight is 823 g/mol. The van der Waals surface area contributed by atoms with Gasteiger partial charge < -0.3 is 8.80 Å². The van der Waals surface area contributed by atoms with Crippen LogP contribution < -0.4 is 20.7 Å². The summed E-state index contributed by atoms with van der Waals surface area (Å²) in [5.41, 5.74) is 14.5. The highest BCUT2D eigenvalue weighted by molar-refractivity contribution is 7.16. The molecule has 0 saturated carbocycles. The van der Waals surface area contributed by atoms with E-state index in [2.05, 4.69) is 163 Å². The molecule has 4 aromatic heterocycles. The van der Waals surface area contributed by atoms with Crippen LogP contribution in [0.15, 0.2) is 48.5 Å². The van der Waals surface area contributed by atoms with Gasteiger partial charge in [-0.05, 0) is 81.3 Å². The van der Waals surface area contributed by atoms with Crippen molar-refractivity contribution in [3.8, 4) is 12.1 Å². The molecule has 0 saturated heterocycles. The van der Waals surface area contributed by atoms with Crippen LogP contribution in [0.4, 0.5) is 0 Å². The summed E-state index contributed by atoms with van der Waals surface area (Å²) in [5.74, 6) is 0. The Morgan fingerprint density at radius 3 is 1.09 bits per heavy atom. The molecule has 0 fully saturated rings. The van der Waals surface area contributed by atoms with Gasteiger partial charge in [0.05, 0.1) is 45.2 Å². The number of nitrogens with zero attached hydrogens (tertiary/aromatic N) is 4. The summed E-state index contributed by atoms with van der Waals surface area (Å²) in [5, 5.41) is 38.4. The molecule has 4 nitrogen and oxygen atoms in total. The lowest BCUT2D eigenvalue weighted by atomic mass is 9.85. The first-order valence-corrected chi connectivity index (χ1v) is 34.2. The van der Waals surface area contributed by atoms with Crippen molar-refractivity contribution in [1.82, 2.24) is 8.80 Å². The fourth-order valence-electron chi connectivity index (χ4n) is 13.3. The molecule has 0 bridgehead atoms. The summed E-state index contributed by atoms with van der Waals surface area (Å²) in [6, 6.07) is 25.0. The number of fused-ring (bicyclic) bond motifs is 16. The maximum Gasteiger partial charge on any atom is 0.0961 e. The van der Waals surface area contributed by atoms with Crippen LogP contribution in [0.25, 0.3) is 76.2 Å². The molecule has 0 spiro atoms. The van der Waals surface area contributed by atoms with Crippen LogP contribution in [0.5, 0.6) is 0 Å². The largest absolute Gasteiger partial charge is 0.308 e. The van der Waals surface area contributed by atoms with E-state index in [0.29, 0.717) is 0 Å². The van der Waals surface area contributed by atoms with Gasteiger partial charge in [-0.2, -0.15) is 73.3 Å². The number of hydrogen-bond donors (Lipinski definition) is 0. The van der Waals surface area contributed by atoms with Crippen molar-refractivity contribution in [2.24, 2.45) is 0 Å². The fourth-order valence-corrected chi connectivity index (χ4v) is 44.6. The van der Waals surface area contributed by atoms with Crippen LogP contribution in [0.2, 0.25) is 63.7 Å². The van der Waals surface area contributed by atoms with Gasteiger partial charge in [0.25, 0.3) is 0 Å². The Morgan fingerprint density at radius 1 is 0.431 bits per heavy atom. The Hall–Kier alpha value is -4.45. The molecule has 0 atom stereocenters. The second-order valence-electron chi connectivity index (χ2n) is 23.1. The molecule has 6 heterocycles. The van der Waals surface area contributed by atoms with Crippen LogP contribution in [-0.4, -0.2) is 41.1 Å². The molecule has 0 radical (unpaired) electrons. The van der Waals surface area contributed by atoms with Crippen LogP contribution in [0.3, 0.4) is 0 Å². The molecule has 294 valence electrons. The molecule has 0 aliphatic carbocycles. The third-order valence-corrected chi connectivity index (χ3v) is 37.0. The Morgan fingerprint density at radius 2 is 0.759 bits per heavy atom. The maximum atomic E-state index is 10.8. The van der Waals surface area contributed by atoms with Crippen molar-refractivity contribution in [1.29, 1.82) is 10.5 Å². The lowest BCUT2D eigenvalue weighted by molar-refractivity contribution is 0.591. The molecule has 11 rings (SSSR count). The minimum atomic E-state index is -1.85. The predicted octanol–water partition coefficient (Wildman–Crippen LogP) is 11.1. The second-order valence-corrected chi connectivity index (χ2v) is 43.0. The van der Waals surface area contributed by atoms with E-state index in [-0.39, 0.29) is 10.8 Å². The third-order valence-electron chi connectivity index (χ3n) is 14.9. The molecule has 5 aromatic carbocycles. The van der Waals surface area contributed by atoms with E-state index in [9.17, 15) is 10.5 Å². The zero-order chi connectivity index (χ0) is 41.3. The molecule has 58 heavy (non-hydrogen) atoms. The van der Waals surface area contributed by atoms with Crippen molar-refractivity contribution in [3.63, 3.8) is 0 Å². The van der Waals surface area contributed by atoms with E-state index >= 15 is 0 Å². The molecule has 0 unspecified atom stereocenters. The first-order valence-electron chi connectivity index (χ1n) is 21.3. The van der Waals surface area contributed by atoms with Gasteiger partial charge in [0.15, 0.2) is 0 Å². The SMILES string of the molecule is CC(C)(C)c1cc2c3cc4c(cc3n3c5cc(C#N)c6c(c5c(c1)c23)[Si-](C)(C)C[Si-]6(C)C)c1cc(C(C)(C)C)cc2c3c5c(c(C#N)cc3n4c12)[Si-](C)(C)C[Si-]5(C)C. The van der Waals surface area contributed by atoms with Crippen molar-refractivity contribution in [3.05, 3.63) is 70.8 Å². The van der Waals surface area contributed by atoms with Gasteiger partial charge in [0.1, 0.15) is 0 Å². The molecule has 9 aromatic rings. The lowest BCUT2D eigenvalue weighted by Crippen LogP contribution is -2.46. The lowest BCUT2D eigenvalue weighted by Gasteiger charge is -2.38. The Labute approximate surface area is 345 Å². The number of rotatable bonds is 0. The third kappa shape index (κ3) is 4.27. The normalized spacial score (nSPS) is 18.6. The van der Waals surface area contributed by atoms with Crippen LogP contribution >= 0.6 is 0 Å². The zero-order valence-electron chi connectivity index (χ0n) is 36.8. The Bertz CT molecular complexity index is 3260. The summed E-state index contributed by atoms with van der Waals surface area (Å²) in [4.78, 5) is 0. The maximum absolute atomic E-state index is 10.8. The summed E-state index contributed by atoms with van der Waals surface area (Å²) in [7, 11) is -7.32. The molecule has 0 N–H and O–H groups in total. The van der Waals surface area contributed by atoms with Crippen molar-refractivity contribution in [2.45, 2.75) is 116 Å². The van der Waals surface area contributed by atoms with Crippen LogP contribution in [-0.2, 0) is 10.8 Å². The molecule has 0 amide bonds. The number of hydrogen-bond acceptors (Lipinski definition) is 2. The highest BCUT2D eigenvalue weighted by Crippen LogP contribution is 2.48. The van der Waals surface area contributed by atoms with E-state index in [1.54, 1.807) is 10.4 Å². The smallest absolute Gasteiger partial charge is 0.0961 e. The fraction of sp³-hybridized carbons (Fsp3) is 0.360. The van der Waals surface area contributed by atoms with E-state index in [0.717, 1.165) is 11.1 Å². The molecule has 2 aliphatic rings. The highest BCUT2D eigenvalue weighted by atomic mass is 28.4. The standard InChI is InChI=1S/C50H54N4Si4/c1-49(2,3)29-17-33-31-21-38-32(22-37(31)53-39-15-27(23-51)45-47(41(39)35(19-29)43(33)53)57(11,12)25-55(45,7)8)34-18-30(50(4,5)6)20-36-42-40(54(38)44(34)36)16-28(24-52)46-48(42)58(13,14)26-56(46,9)10/h15-22H,25-26H2,1-14H3/q-4. The van der Waals surface area contributed by atoms with Gasteiger partial charge in [-0.3, -0.25) is 11.3 Å². The Kier molecular flexibility index (Phi) is 6.60. The van der Waals surface area contributed by atoms with Gasteiger partial charge in [0, 0.05) is 43.4 Å². The van der Waals surface area contributed by atoms with Crippen molar-refractivity contribution in [2.75, 3.05) is 0 Å². The van der Waals surface area contributed by atoms with Gasteiger partial charge in [-0.1, -0.05) is 41.5 Å². The monoisotopic (exact) mass is 822 g/mol. The van der Waals surface area contributed by atoms with E-state index in [1.807, 2.05) is 0 Å². The molecule has 8 heteroatoms. The van der Waals surface area contributed by atoms with E-state index in [1.165, 1.54) is 109 Å². The summed E-state index contributed by atoms with van der Waals surface area (Å²) < 4.78 is 5.11. The molecule has 2 aliphatic heterocycles. The molecular formula is C50H54N4Si4-4. The first-order chi connectivity index (χ1) is 26.9. The van der Waals surface area contributed by atoms with Crippen molar-refractivity contribution < 1.29 is 0 Å². The average Bonchev–Trinajstić information content (AvgIpc) is 3.89. The number of aromatic nitrogens is 2. The second kappa shape index (κ2) is 10.5.